The lowest BCUT2D eigenvalue weighted by atomic mass is 9.96. The number of amides is 2. The molecule has 2 amide bonds. The van der Waals surface area contributed by atoms with E-state index in [1.54, 1.807) is 0 Å². The van der Waals surface area contributed by atoms with E-state index in [-0.39, 0.29) is 37.0 Å². The van der Waals surface area contributed by atoms with Crippen molar-refractivity contribution in [2.24, 2.45) is 5.92 Å². The first kappa shape index (κ1) is 16.6. The van der Waals surface area contributed by atoms with E-state index in [1.165, 1.54) is 4.90 Å². The molecule has 1 fully saturated rings. The molecular weight excluding hydrogens is 297 g/mol. The highest BCUT2D eigenvalue weighted by molar-refractivity contribution is 5.74. The van der Waals surface area contributed by atoms with E-state index in [0.717, 1.165) is 18.6 Å². The highest BCUT2D eigenvalue weighted by atomic mass is 19.2. The monoisotopic (exact) mass is 316 g/mol. The van der Waals surface area contributed by atoms with Crippen LogP contribution in [0.1, 0.15) is 18.9 Å². The lowest BCUT2D eigenvalue weighted by molar-refractivity contribution is 0.0436. The summed E-state index contributed by atoms with van der Waals surface area (Å²) >= 11 is 0. The molecule has 1 aromatic rings. The third kappa shape index (κ3) is 3.91. The second-order valence-electron chi connectivity index (χ2n) is 5.63. The maximum atomic E-state index is 13.1. The van der Waals surface area contributed by atoms with Gasteiger partial charge < -0.3 is 15.3 Å². The number of aliphatic hydroxyl groups is 1. The minimum atomic E-state index is -1.50. The zero-order chi connectivity index (χ0) is 16.3. The summed E-state index contributed by atoms with van der Waals surface area (Å²) < 4.78 is 38.9. The Kier molecular flexibility index (Phi) is 5.28. The van der Waals surface area contributed by atoms with Crippen molar-refractivity contribution in [3.63, 3.8) is 0 Å². The fraction of sp³-hybridized carbons (Fsp3) is 0.533. The van der Waals surface area contributed by atoms with Gasteiger partial charge in [-0.15, -0.1) is 0 Å². The van der Waals surface area contributed by atoms with Crippen molar-refractivity contribution in [3.05, 3.63) is 35.1 Å². The number of hydrogen-bond acceptors (Lipinski definition) is 2. The number of nitrogens with zero attached hydrogens (tertiary/aromatic N) is 1. The molecule has 0 saturated carbocycles. The summed E-state index contributed by atoms with van der Waals surface area (Å²) in [5.74, 6) is -3.82. The smallest absolute Gasteiger partial charge is 0.317 e. The Morgan fingerprint density at radius 1 is 1.36 bits per heavy atom. The van der Waals surface area contributed by atoms with Crippen molar-refractivity contribution >= 4 is 6.03 Å². The van der Waals surface area contributed by atoms with Gasteiger partial charge in [0.05, 0.1) is 6.10 Å². The molecule has 4 nitrogen and oxygen atoms in total. The number of β-amino-alcohol motifs (C(OH)–C–C–N with tert-alkyl or cyclic N) is 1. The van der Waals surface area contributed by atoms with Crippen molar-refractivity contribution in [3.8, 4) is 0 Å². The Labute approximate surface area is 126 Å². The molecule has 2 atom stereocenters. The molecule has 1 aromatic carbocycles. The summed E-state index contributed by atoms with van der Waals surface area (Å²) in [6.07, 6.45) is 0.370. The van der Waals surface area contributed by atoms with Crippen LogP contribution in [0.4, 0.5) is 18.0 Å². The maximum absolute atomic E-state index is 13.1. The molecule has 2 rings (SSSR count). The van der Waals surface area contributed by atoms with Crippen LogP contribution in [-0.2, 0) is 6.42 Å². The van der Waals surface area contributed by atoms with Crippen LogP contribution < -0.4 is 5.32 Å². The van der Waals surface area contributed by atoms with Gasteiger partial charge in [-0.1, -0.05) is 6.92 Å². The number of nitrogens with one attached hydrogen (secondary N) is 1. The van der Waals surface area contributed by atoms with E-state index in [4.69, 9.17) is 0 Å². The van der Waals surface area contributed by atoms with E-state index in [2.05, 4.69) is 5.32 Å². The zero-order valence-electron chi connectivity index (χ0n) is 12.3. The second kappa shape index (κ2) is 7.00. The normalized spacial score (nSPS) is 21.8. The average Bonchev–Trinajstić information content (AvgIpc) is 2.47. The quantitative estimate of drug-likeness (QED) is 0.839. The van der Waals surface area contributed by atoms with E-state index in [1.807, 2.05) is 6.92 Å². The molecule has 0 spiro atoms. The van der Waals surface area contributed by atoms with E-state index in [9.17, 15) is 23.1 Å². The van der Waals surface area contributed by atoms with E-state index >= 15 is 0 Å². The van der Waals surface area contributed by atoms with Crippen LogP contribution in [0.5, 0.6) is 0 Å². The minimum absolute atomic E-state index is 0.161. The number of likely N-dealkylation sites (tertiary alicyclic amines) is 1. The molecule has 1 aliphatic heterocycles. The van der Waals surface area contributed by atoms with Gasteiger partial charge in [-0.2, -0.15) is 0 Å². The Bertz CT molecular complexity index is 531. The molecule has 0 radical (unpaired) electrons. The number of halogens is 3. The number of piperidine rings is 1. The number of carbonyl (C=O) groups excluding carboxylic acids is 1. The number of hydrogen-bond donors (Lipinski definition) is 2. The van der Waals surface area contributed by atoms with Crippen molar-refractivity contribution in [1.82, 2.24) is 10.2 Å². The van der Waals surface area contributed by atoms with Gasteiger partial charge in [0.15, 0.2) is 17.5 Å². The molecule has 1 heterocycles. The van der Waals surface area contributed by atoms with Gasteiger partial charge in [-0.3, -0.25) is 0 Å². The molecule has 0 bridgehead atoms. The Hall–Kier alpha value is -1.76. The summed E-state index contributed by atoms with van der Waals surface area (Å²) in [6, 6.07) is 1.50. The first-order valence-electron chi connectivity index (χ1n) is 7.22. The van der Waals surface area contributed by atoms with Crippen molar-refractivity contribution in [2.75, 3.05) is 19.6 Å². The Morgan fingerprint density at radius 3 is 2.59 bits per heavy atom. The maximum Gasteiger partial charge on any atom is 0.317 e. The first-order chi connectivity index (χ1) is 10.4. The number of carbonyl (C=O) groups is 1. The molecular formula is C15H19F3N2O2. The lowest BCUT2D eigenvalue weighted by Crippen LogP contribution is -2.49. The molecule has 1 saturated heterocycles. The fourth-order valence-corrected chi connectivity index (χ4v) is 2.41. The number of urea groups is 1. The Balaban J connectivity index is 1.82. The number of benzene rings is 1. The molecule has 122 valence electrons. The summed E-state index contributed by atoms with van der Waals surface area (Å²) in [6.45, 7) is 2.93. The zero-order valence-corrected chi connectivity index (χ0v) is 12.3. The van der Waals surface area contributed by atoms with E-state index < -0.39 is 23.6 Å². The van der Waals surface area contributed by atoms with E-state index in [0.29, 0.717) is 6.54 Å². The standard InChI is InChI=1S/C15H19F3N2O2/c1-9-3-5-20(8-13(9)21)15(22)19-4-2-10-6-11(16)14(18)12(17)7-10/h6-7,9,13,21H,2-5,8H2,1H3,(H,19,22). The molecule has 2 unspecified atom stereocenters. The molecule has 22 heavy (non-hydrogen) atoms. The third-order valence-electron chi connectivity index (χ3n) is 3.94. The van der Waals surface area contributed by atoms with Gasteiger partial charge in [-0.25, -0.2) is 18.0 Å². The molecule has 2 N–H and O–H groups in total. The summed E-state index contributed by atoms with van der Waals surface area (Å²) in [5, 5.41) is 12.4. The van der Waals surface area contributed by atoms with Gasteiger partial charge in [0.25, 0.3) is 0 Å². The van der Waals surface area contributed by atoms with Crippen LogP contribution >= 0.6 is 0 Å². The van der Waals surface area contributed by atoms with Gasteiger partial charge >= 0.3 is 6.03 Å². The summed E-state index contributed by atoms with van der Waals surface area (Å²) in [7, 11) is 0. The second-order valence-corrected chi connectivity index (χ2v) is 5.63. The van der Waals surface area contributed by atoms with Gasteiger partial charge in [-0.05, 0) is 36.5 Å². The SMILES string of the molecule is CC1CCN(C(=O)NCCc2cc(F)c(F)c(F)c2)CC1O. The van der Waals surface area contributed by atoms with Crippen LogP contribution in [0, 0.1) is 23.4 Å². The average molecular weight is 316 g/mol. The fourth-order valence-electron chi connectivity index (χ4n) is 2.41. The highest BCUT2D eigenvalue weighted by Crippen LogP contribution is 2.17. The number of aliphatic hydroxyl groups excluding tert-OH is 1. The minimum Gasteiger partial charge on any atom is -0.391 e. The highest BCUT2D eigenvalue weighted by Gasteiger charge is 2.26. The van der Waals surface area contributed by atoms with Crippen molar-refractivity contribution < 1.29 is 23.1 Å². The summed E-state index contributed by atoms with van der Waals surface area (Å²) in [5.41, 5.74) is 0.268. The van der Waals surface area contributed by atoms with Crippen LogP contribution in [0.15, 0.2) is 12.1 Å². The first-order valence-corrected chi connectivity index (χ1v) is 7.22. The Morgan fingerprint density at radius 2 is 2.00 bits per heavy atom. The van der Waals surface area contributed by atoms with Gasteiger partial charge in [0.2, 0.25) is 0 Å². The summed E-state index contributed by atoms with van der Waals surface area (Å²) in [4.78, 5) is 13.4. The molecule has 0 aliphatic carbocycles. The predicted octanol–water partition coefficient (Wildman–Crippen LogP) is 2.06. The molecule has 7 heteroatoms. The van der Waals surface area contributed by atoms with Crippen LogP contribution in [-0.4, -0.2) is 41.8 Å². The van der Waals surface area contributed by atoms with Crippen LogP contribution in [0.25, 0.3) is 0 Å². The van der Waals surface area contributed by atoms with Crippen molar-refractivity contribution in [1.29, 1.82) is 0 Å². The largest absolute Gasteiger partial charge is 0.391 e. The van der Waals surface area contributed by atoms with Crippen LogP contribution in [0.2, 0.25) is 0 Å². The van der Waals surface area contributed by atoms with Crippen LogP contribution in [0.3, 0.4) is 0 Å². The lowest BCUT2D eigenvalue weighted by Gasteiger charge is -2.34. The topological polar surface area (TPSA) is 52.6 Å². The number of rotatable bonds is 3. The van der Waals surface area contributed by atoms with Gasteiger partial charge in [0.1, 0.15) is 0 Å². The third-order valence-corrected chi connectivity index (χ3v) is 3.94. The molecule has 1 aliphatic rings. The van der Waals surface area contributed by atoms with Gasteiger partial charge in [0, 0.05) is 19.6 Å². The van der Waals surface area contributed by atoms with Crippen molar-refractivity contribution in [2.45, 2.75) is 25.9 Å². The predicted molar refractivity (Wildman–Crippen MR) is 74.8 cm³/mol. The molecule has 0 aromatic heterocycles.